The number of likely N-dealkylation sites (N-methyl/N-ethyl adjacent to an activating group) is 1. The van der Waals surface area contributed by atoms with E-state index in [4.69, 9.17) is 13.9 Å². The Labute approximate surface area is 164 Å². The maximum Gasteiger partial charge on any atom is 0.344 e. The van der Waals surface area contributed by atoms with Crippen molar-refractivity contribution in [2.24, 2.45) is 0 Å². The Morgan fingerprint density at radius 3 is 2.50 bits per heavy atom. The van der Waals surface area contributed by atoms with Gasteiger partial charge in [-0.05, 0) is 43.8 Å². The van der Waals surface area contributed by atoms with Crippen molar-refractivity contribution < 1.29 is 13.9 Å². The van der Waals surface area contributed by atoms with Crippen LogP contribution >= 0.6 is 0 Å². The van der Waals surface area contributed by atoms with E-state index in [1.807, 2.05) is 24.3 Å². The van der Waals surface area contributed by atoms with Gasteiger partial charge in [-0.15, -0.1) is 0 Å². The smallest absolute Gasteiger partial charge is 0.344 e. The highest BCUT2D eigenvalue weighted by atomic mass is 16.5. The fraction of sp³-hybridized carbons (Fsp3) is 0.409. The van der Waals surface area contributed by atoms with Crippen molar-refractivity contribution in [3.8, 4) is 11.5 Å². The van der Waals surface area contributed by atoms with E-state index in [9.17, 15) is 4.79 Å². The van der Waals surface area contributed by atoms with Crippen LogP contribution < -0.4 is 15.1 Å². The molecule has 0 aliphatic carbocycles. The number of hydrogen-bond donors (Lipinski definition) is 0. The Hall–Kier alpha value is -2.57. The average Bonchev–Trinajstić information content (AvgIpc) is 2.72. The lowest BCUT2D eigenvalue weighted by Gasteiger charge is -2.32. The van der Waals surface area contributed by atoms with E-state index < -0.39 is 0 Å². The number of ether oxygens (including phenoxy) is 2. The standard InChI is InChI=1S/C22H26N2O4/c1-23-9-11-24(12-10-23)8-3-13-27-17-5-7-19-18-6-4-16(26-2)14-20(18)22(25)28-21(19)15-17/h4-7,14-15H,3,8-13H2,1-2H3. The lowest BCUT2D eigenvalue weighted by atomic mass is 10.1. The Bertz CT molecular complexity index is 1020. The van der Waals surface area contributed by atoms with Crippen molar-refractivity contribution >= 4 is 21.7 Å². The van der Waals surface area contributed by atoms with Crippen LogP contribution in [0.15, 0.2) is 45.6 Å². The second-order valence-corrected chi connectivity index (χ2v) is 7.31. The molecule has 2 aromatic carbocycles. The number of nitrogens with zero attached hydrogens (tertiary/aromatic N) is 2. The van der Waals surface area contributed by atoms with Crippen molar-refractivity contribution in [1.29, 1.82) is 0 Å². The Balaban J connectivity index is 1.44. The summed E-state index contributed by atoms with van der Waals surface area (Å²) in [6.07, 6.45) is 0.975. The van der Waals surface area contributed by atoms with Crippen LogP contribution in [-0.4, -0.2) is 63.3 Å². The van der Waals surface area contributed by atoms with Gasteiger partial charge in [-0.3, -0.25) is 0 Å². The molecular weight excluding hydrogens is 356 g/mol. The van der Waals surface area contributed by atoms with Crippen LogP contribution in [0.5, 0.6) is 11.5 Å². The van der Waals surface area contributed by atoms with Crippen LogP contribution in [0.2, 0.25) is 0 Å². The summed E-state index contributed by atoms with van der Waals surface area (Å²) in [7, 11) is 3.75. The van der Waals surface area contributed by atoms with Crippen LogP contribution in [0, 0.1) is 0 Å². The van der Waals surface area contributed by atoms with Gasteiger partial charge >= 0.3 is 5.63 Å². The minimum atomic E-state index is -0.367. The highest BCUT2D eigenvalue weighted by molar-refractivity contribution is 6.04. The minimum absolute atomic E-state index is 0.367. The zero-order chi connectivity index (χ0) is 19.5. The van der Waals surface area contributed by atoms with Crippen molar-refractivity contribution in [2.75, 3.05) is 53.5 Å². The van der Waals surface area contributed by atoms with Crippen molar-refractivity contribution in [3.05, 3.63) is 46.8 Å². The fourth-order valence-corrected chi connectivity index (χ4v) is 3.66. The van der Waals surface area contributed by atoms with Gasteiger partial charge in [0.25, 0.3) is 0 Å². The molecule has 0 atom stereocenters. The highest BCUT2D eigenvalue weighted by Gasteiger charge is 2.13. The summed E-state index contributed by atoms with van der Waals surface area (Å²) in [4.78, 5) is 17.2. The Kier molecular flexibility index (Phi) is 5.50. The molecule has 0 unspecified atom stereocenters. The Morgan fingerprint density at radius 2 is 1.71 bits per heavy atom. The lowest BCUT2D eigenvalue weighted by molar-refractivity contribution is 0.145. The molecule has 3 aromatic rings. The molecule has 1 aliphatic heterocycles. The first kappa shape index (κ1) is 18.8. The highest BCUT2D eigenvalue weighted by Crippen LogP contribution is 2.28. The van der Waals surface area contributed by atoms with Crippen molar-refractivity contribution in [3.63, 3.8) is 0 Å². The van der Waals surface area contributed by atoms with Gasteiger partial charge in [0.2, 0.25) is 0 Å². The van der Waals surface area contributed by atoms with Gasteiger partial charge < -0.3 is 23.7 Å². The Morgan fingerprint density at radius 1 is 0.964 bits per heavy atom. The molecular formula is C22H26N2O4. The molecule has 0 radical (unpaired) electrons. The predicted molar refractivity (Wildman–Crippen MR) is 111 cm³/mol. The van der Waals surface area contributed by atoms with Gasteiger partial charge in [-0.2, -0.15) is 0 Å². The number of fused-ring (bicyclic) bond motifs is 3. The molecule has 6 nitrogen and oxygen atoms in total. The van der Waals surface area contributed by atoms with Gasteiger partial charge in [-0.25, -0.2) is 4.79 Å². The number of methoxy groups -OCH3 is 1. The molecule has 0 bridgehead atoms. The molecule has 1 aromatic heterocycles. The molecule has 6 heteroatoms. The van der Waals surface area contributed by atoms with Crippen molar-refractivity contribution in [1.82, 2.24) is 9.80 Å². The van der Waals surface area contributed by atoms with E-state index in [0.29, 0.717) is 23.3 Å². The van der Waals surface area contributed by atoms with Gasteiger partial charge in [0.05, 0.1) is 19.1 Å². The van der Waals surface area contributed by atoms with Crippen LogP contribution in [0.25, 0.3) is 21.7 Å². The fourth-order valence-electron chi connectivity index (χ4n) is 3.66. The van der Waals surface area contributed by atoms with E-state index in [0.717, 1.165) is 55.7 Å². The molecule has 28 heavy (non-hydrogen) atoms. The van der Waals surface area contributed by atoms with Gasteiger partial charge in [0.15, 0.2) is 0 Å². The third-order valence-corrected chi connectivity index (χ3v) is 5.38. The van der Waals surface area contributed by atoms with E-state index in [2.05, 4.69) is 16.8 Å². The molecule has 148 valence electrons. The molecule has 4 rings (SSSR count). The number of hydrogen-bond acceptors (Lipinski definition) is 6. The van der Waals surface area contributed by atoms with Crippen LogP contribution in [-0.2, 0) is 0 Å². The lowest BCUT2D eigenvalue weighted by Crippen LogP contribution is -2.44. The second kappa shape index (κ2) is 8.20. The molecule has 1 fully saturated rings. The number of benzene rings is 2. The summed E-state index contributed by atoms with van der Waals surface area (Å²) in [5.41, 5.74) is 0.174. The monoisotopic (exact) mass is 382 g/mol. The first-order valence-electron chi connectivity index (χ1n) is 9.72. The summed E-state index contributed by atoms with van der Waals surface area (Å²) in [5.74, 6) is 1.36. The average molecular weight is 382 g/mol. The largest absolute Gasteiger partial charge is 0.497 e. The van der Waals surface area contributed by atoms with E-state index in [-0.39, 0.29) is 5.63 Å². The normalized spacial score (nSPS) is 15.9. The first-order chi connectivity index (χ1) is 13.6. The molecule has 0 amide bonds. The molecule has 0 spiro atoms. The molecule has 0 saturated carbocycles. The molecule has 1 saturated heterocycles. The van der Waals surface area contributed by atoms with Gasteiger partial charge in [-0.1, -0.05) is 0 Å². The second-order valence-electron chi connectivity index (χ2n) is 7.31. The van der Waals surface area contributed by atoms with Crippen molar-refractivity contribution in [2.45, 2.75) is 6.42 Å². The summed E-state index contributed by atoms with van der Waals surface area (Å²) in [6, 6.07) is 11.1. The molecule has 0 N–H and O–H groups in total. The number of rotatable bonds is 6. The van der Waals surface area contributed by atoms with Crippen LogP contribution in [0.1, 0.15) is 6.42 Å². The maximum atomic E-state index is 12.4. The maximum absolute atomic E-state index is 12.4. The summed E-state index contributed by atoms with van der Waals surface area (Å²) in [6.45, 7) is 6.19. The van der Waals surface area contributed by atoms with Crippen LogP contribution in [0.4, 0.5) is 0 Å². The van der Waals surface area contributed by atoms with E-state index in [1.54, 1.807) is 19.2 Å². The molecule has 2 heterocycles. The van der Waals surface area contributed by atoms with Crippen LogP contribution in [0.3, 0.4) is 0 Å². The summed E-state index contributed by atoms with van der Waals surface area (Å²) >= 11 is 0. The summed E-state index contributed by atoms with van der Waals surface area (Å²) in [5, 5.41) is 2.27. The van der Waals surface area contributed by atoms with Gasteiger partial charge in [0, 0.05) is 49.6 Å². The zero-order valence-electron chi connectivity index (χ0n) is 16.4. The van der Waals surface area contributed by atoms with E-state index in [1.165, 1.54) is 0 Å². The van der Waals surface area contributed by atoms with Gasteiger partial charge in [0.1, 0.15) is 17.1 Å². The summed E-state index contributed by atoms with van der Waals surface area (Å²) < 4.78 is 16.6. The third kappa shape index (κ3) is 3.98. The topological polar surface area (TPSA) is 55.2 Å². The quantitative estimate of drug-likeness (QED) is 0.371. The predicted octanol–water partition coefficient (Wildman–Crippen LogP) is 2.97. The number of piperazine rings is 1. The SMILES string of the molecule is COc1ccc2c(c1)c(=O)oc1cc(OCCCN3CCN(C)CC3)ccc12. The third-order valence-electron chi connectivity index (χ3n) is 5.38. The minimum Gasteiger partial charge on any atom is -0.497 e. The van der Waals surface area contributed by atoms with E-state index >= 15 is 0 Å². The molecule has 1 aliphatic rings. The first-order valence-corrected chi connectivity index (χ1v) is 9.72. The zero-order valence-corrected chi connectivity index (χ0v) is 16.4.